The second-order valence-corrected chi connectivity index (χ2v) is 6.21. The Bertz CT molecular complexity index is 97.8. The summed E-state index contributed by atoms with van der Waals surface area (Å²) in [6.07, 6.45) is 3.47. The Morgan fingerprint density at radius 1 is 1.00 bits per heavy atom. The van der Waals surface area contributed by atoms with Gasteiger partial charge in [0.05, 0.1) is 0 Å². The van der Waals surface area contributed by atoms with E-state index in [9.17, 15) is 0 Å². The van der Waals surface area contributed by atoms with Crippen molar-refractivity contribution in [3.8, 4) is 0 Å². The molecule has 0 atom stereocenters. The second-order valence-electron chi connectivity index (χ2n) is 4.70. The molecule has 10 heavy (non-hydrogen) atoms. The molecule has 62 valence electrons. The molecule has 1 heteroatoms. The van der Waals surface area contributed by atoms with E-state index >= 15 is 0 Å². The first-order valence-corrected chi connectivity index (χ1v) is 5.04. The zero-order valence-corrected chi connectivity index (χ0v) is 8.93. The van der Waals surface area contributed by atoms with Crippen LogP contribution in [0.2, 0.25) is 0 Å². The van der Waals surface area contributed by atoms with Gasteiger partial charge in [0.1, 0.15) is 0 Å². The molecule has 0 saturated heterocycles. The first kappa shape index (κ1) is 10.3. The second kappa shape index (κ2) is 3.17. The Balaban J connectivity index is 3.89. The lowest BCUT2D eigenvalue weighted by atomic mass is 9.86. The van der Waals surface area contributed by atoms with Gasteiger partial charge in [0.15, 0.2) is 0 Å². The first-order chi connectivity index (χ1) is 4.27. The van der Waals surface area contributed by atoms with Crippen molar-refractivity contribution >= 4 is 11.8 Å². The minimum atomic E-state index is 0.443. The molecule has 0 radical (unpaired) electrons. The molecule has 0 fully saturated rings. The standard InChI is InChI=1S/C9H20S/c1-8(2,3)7-9(4,5)10-6/h7H2,1-6H3. The fourth-order valence-corrected chi connectivity index (χ4v) is 1.93. The Kier molecular flexibility index (Phi) is 3.28. The van der Waals surface area contributed by atoms with Crippen LogP contribution in [0.5, 0.6) is 0 Å². The van der Waals surface area contributed by atoms with E-state index in [2.05, 4.69) is 40.9 Å². The van der Waals surface area contributed by atoms with E-state index in [1.807, 2.05) is 11.8 Å². The monoisotopic (exact) mass is 160 g/mol. The summed E-state index contributed by atoms with van der Waals surface area (Å²) >= 11 is 1.95. The fraction of sp³-hybridized carbons (Fsp3) is 1.00. The summed E-state index contributed by atoms with van der Waals surface area (Å²) in [5.74, 6) is 0. The van der Waals surface area contributed by atoms with Crippen LogP contribution >= 0.6 is 11.8 Å². The summed E-state index contributed by atoms with van der Waals surface area (Å²) in [5, 5.41) is 0. The number of hydrogen-bond donors (Lipinski definition) is 0. The van der Waals surface area contributed by atoms with E-state index in [1.54, 1.807) is 0 Å². The van der Waals surface area contributed by atoms with Crippen molar-refractivity contribution in [2.24, 2.45) is 5.41 Å². The van der Waals surface area contributed by atoms with E-state index in [4.69, 9.17) is 0 Å². The third kappa shape index (κ3) is 5.16. The summed E-state index contributed by atoms with van der Waals surface area (Å²) in [7, 11) is 0. The van der Waals surface area contributed by atoms with E-state index in [-0.39, 0.29) is 0 Å². The van der Waals surface area contributed by atoms with E-state index in [1.165, 1.54) is 6.42 Å². The molecule has 0 aromatic rings. The van der Waals surface area contributed by atoms with Crippen molar-refractivity contribution in [1.82, 2.24) is 0 Å². The van der Waals surface area contributed by atoms with Crippen LogP contribution in [0.3, 0.4) is 0 Å². The van der Waals surface area contributed by atoms with Gasteiger partial charge in [0.2, 0.25) is 0 Å². The SMILES string of the molecule is CSC(C)(C)CC(C)(C)C. The molecule has 0 N–H and O–H groups in total. The highest BCUT2D eigenvalue weighted by Gasteiger charge is 2.23. The van der Waals surface area contributed by atoms with Crippen LogP contribution in [0.1, 0.15) is 41.0 Å². The smallest absolute Gasteiger partial charge is 0.0105 e. The van der Waals surface area contributed by atoms with Crippen molar-refractivity contribution in [3.05, 3.63) is 0 Å². The van der Waals surface area contributed by atoms with Crippen LogP contribution in [0.15, 0.2) is 0 Å². The van der Waals surface area contributed by atoms with Gasteiger partial charge in [-0.05, 0) is 18.1 Å². The van der Waals surface area contributed by atoms with E-state index in [0.29, 0.717) is 10.2 Å². The van der Waals surface area contributed by atoms with Gasteiger partial charge < -0.3 is 0 Å². The van der Waals surface area contributed by atoms with Crippen LogP contribution in [-0.4, -0.2) is 11.0 Å². The Labute approximate surface area is 69.8 Å². The normalized spacial score (nSPS) is 13.8. The van der Waals surface area contributed by atoms with E-state index in [0.717, 1.165) is 0 Å². The lowest BCUT2D eigenvalue weighted by Gasteiger charge is -2.30. The van der Waals surface area contributed by atoms with Crippen molar-refractivity contribution < 1.29 is 0 Å². The highest BCUT2D eigenvalue weighted by molar-refractivity contribution is 7.99. The van der Waals surface area contributed by atoms with Crippen molar-refractivity contribution in [1.29, 1.82) is 0 Å². The van der Waals surface area contributed by atoms with Crippen LogP contribution in [0.4, 0.5) is 0 Å². The average molecular weight is 160 g/mol. The van der Waals surface area contributed by atoms with Crippen LogP contribution in [0.25, 0.3) is 0 Å². The van der Waals surface area contributed by atoms with Crippen molar-refractivity contribution in [3.63, 3.8) is 0 Å². The molecule has 0 nitrogen and oxygen atoms in total. The summed E-state index contributed by atoms with van der Waals surface area (Å²) in [6, 6.07) is 0. The summed E-state index contributed by atoms with van der Waals surface area (Å²) in [5.41, 5.74) is 0.465. The molecule has 0 saturated carbocycles. The third-order valence-electron chi connectivity index (χ3n) is 1.51. The minimum absolute atomic E-state index is 0.443. The van der Waals surface area contributed by atoms with Crippen LogP contribution < -0.4 is 0 Å². The van der Waals surface area contributed by atoms with Crippen molar-refractivity contribution in [2.45, 2.75) is 45.8 Å². The average Bonchev–Trinajstić information content (AvgIpc) is 1.60. The fourth-order valence-electron chi connectivity index (χ4n) is 1.35. The number of hydrogen-bond acceptors (Lipinski definition) is 1. The van der Waals surface area contributed by atoms with Crippen LogP contribution in [-0.2, 0) is 0 Å². The summed E-state index contributed by atoms with van der Waals surface area (Å²) in [6.45, 7) is 11.5. The van der Waals surface area contributed by atoms with Gasteiger partial charge in [-0.1, -0.05) is 34.6 Å². The third-order valence-corrected chi connectivity index (χ3v) is 2.76. The van der Waals surface area contributed by atoms with Gasteiger partial charge in [-0.15, -0.1) is 0 Å². The molecule has 0 rings (SSSR count). The number of thioether (sulfide) groups is 1. The maximum Gasteiger partial charge on any atom is 0.0105 e. The molecule has 0 aliphatic rings. The molecule has 0 amide bonds. The Hall–Kier alpha value is 0.350. The summed E-state index contributed by atoms with van der Waals surface area (Å²) < 4.78 is 0.443. The highest BCUT2D eigenvalue weighted by atomic mass is 32.2. The van der Waals surface area contributed by atoms with E-state index < -0.39 is 0 Å². The zero-order chi connectivity index (χ0) is 8.41. The maximum atomic E-state index is 2.31. The lowest BCUT2D eigenvalue weighted by molar-refractivity contribution is 0.340. The molecule has 0 unspecified atom stereocenters. The molecule has 0 aliphatic heterocycles. The quantitative estimate of drug-likeness (QED) is 0.595. The predicted molar refractivity (Wildman–Crippen MR) is 51.7 cm³/mol. The highest BCUT2D eigenvalue weighted by Crippen LogP contribution is 2.34. The topological polar surface area (TPSA) is 0 Å². The molecule has 0 bridgehead atoms. The molecule has 0 aromatic carbocycles. The van der Waals surface area contributed by atoms with Crippen LogP contribution in [0, 0.1) is 5.41 Å². The molecule has 0 aromatic heterocycles. The van der Waals surface area contributed by atoms with Gasteiger partial charge in [-0.25, -0.2) is 0 Å². The van der Waals surface area contributed by atoms with Crippen molar-refractivity contribution in [2.75, 3.05) is 6.26 Å². The molecular formula is C9H20S. The summed E-state index contributed by atoms with van der Waals surface area (Å²) in [4.78, 5) is 0. The zero-order valence-electron chi connectivity index (χ0n) is 8.12. The molecule has 0 heterocycles. The Morgan fingerprint density at radius 2 is 1.40 bits per heavy atom. The number of rotatable bonds is 2. The first-order valence-electron chi connectivity index (χ1n) is 3.82. The molecule has 0 aliphatic carbocycles. The van der Waals surface area contributed by atoms with Gasteiger partial charge >= 0.3 is 0 Å². The molecular weight excluding hydrogens is 140 g/mol. The lowest BCUT2D eigenvalue weighted by Crippen LogP contribution is -2.22. The Morgan fingerprint density at radius 3 is 1.50 bits per heavy atom. The minimum Gasteiger partial charge on any atom is -0.159 e. The van der Waals surface area contributed by atoms with Gasteiger partial charge in [-0.2, -0.15) is 11.8 Å². The van der Waals surface area contributed by atoms with Gasteiger partial charge in [0, 0.05) is 4.75 Å². The van der Waals surface area contributed by atoms with Gasteiger partial charge in [0.25, 0.3) is 0 Å². The maximum absolute atomic E-state index is 2.31. The largest absolute Gasteiger partial charge is 0.159 e. The van der Waals surface area contributed by atoms with Gasteiger partial charge in [-0.3, -0.25) is 0 Å². The predicted octanol–water partition coefficient (Wildman–Crippen LogP) is 3.56. The molecule has 0 spiro atoms.